The normalized spacial score (nSPS) is 15.9. The summed E-state index contributed by atoms with van der Waals surface area (Å²) in [6.07, 6.45) is 0. The molecule has 2 aromatic rings. The van der Waals surface area contributed by atoms with Crippen LogP contribution in [0.4, 0.5) is 0 Å². The van der Waals surface area contributed by atoms with Crippen molar-refractivity contribution in [1.29, 1.82) is 0 Å². The Morgan fingerprint density at radius 3 is 2.23 bits per heavy atom. The minimum atomic E-state index is -0.943. The third-order valence-electron chi connectivity index (χ3n) is 4.56. The van der Waals surface area contributed by atoms with E-state index in [9.17, 15) is 19.5 Å². The van der Waals surface area contributed by atoms with E-state index >= 15 is 0 Å². The Morgan fingerprint density at radius 2 is 1.62 bits per heavy atom. The smallest absolute Gasteiger partial charge is 0.312 e. The van der Waals surface area contributed by atoms with Crippen molar-refractivity contribution < 1.29 is 19.5 Å². The van der Waals surface area contributed by atoms with Crippen LogP contribution in [0.1, 0.15) is 37.8 Å². The zero-order valence-corrected chi connectivity index (χ0v) is 14.7. The fourth-order valence-corrected chi connectivity index (χ4v) is 3.17. The van der Waals surface area contributed by atoms with Crippen molar-refractivity contribution in [1.82, 2.24) is 9.80 Å². The van der Waals surface area contributed by atoms with Gasteiger partial charge in [0.15, 0.2) is 0 Å². The van der Waals surface area contributed by atoms with Crippen molar-refractivity contribution >= 4 is 17.8 Å². The van der Waals surface area contributed by atoms with Gasteiger partial charge in [0.05, 0.1) is 5.92 Å². The average Bonchev–Trinajstić information content (AvgIpc) is 2.65. The first-order chi connectivity index (χ1) is 12.4. The summed E-state index contributed by atoms with van der Waals surface area (Å²) in [5.41, 5.74) is 2.54. The summed E-state index contributed by atoms with van der Waals surface area (Å²) in [6.45, 7) is 0.501. The maximum Gasteiger partial charge on any atom is 0.312 e. The Labute approximate surface area is 151 Å². The van der Waals surface area contributed by atoms with E-state index in [1.54, 1.807) is 49.3 Å². The highest BCUT2D eigenvalue weighted by atomic mass is 16.4. The van der Waals surface area contributed by atoms with Gasteiger partial charge in [-0.1, -0.05) is 24.3 Å². The Bertz CT molecular complexity index is 858. The summed E-state index contributed by atoms with van der Waals surface area (Å²) in [7, 11) is 3.33. The van der Waals surface area contributed by atoms with E-state index in [0.717, 1.165) is 11.1 Å². The predicted octanol–water partition coefficient (Wildman–Crippen LogP) is 2.21. The van der Waals surface area contributed by atoms with Crippen LogP contribution in [0, 0.1) is 0 Å². The monoisotopic (exact) mass is 352 g/mol. The van der Waals surface area contributed by atoms with E-state index in [0.29, 0.717) is 17.7 Å². The molecule has 0 aromatic heterocycles. The lowest BCUT2D eigenvalue weighted by molar-refractivity contribution is -0.139. The van der Waals surface area contributed by atoms with Crippen molar-refractivity contribution in [3.05, 3.63) is 70.8 Å². The second-order valence-electron chi connectivity index (χ2n) is 6.55. The second kappa shape index (κ2) is 7.00. The molecule has 0 saturated carbocycles. The molecule has 2 aromatic carbocycles. The second-order valence-corrected chi connectivity index (χ2v) is 6.55. The number of hydrogen-bond acceptors (Lipinski definition) is 3. The molecule has 0 fully saturated rings. The number of carboxylic acids is 1. The lowest BCUT2D eigenvalue weighted by atomic mass is 9.89. The van der Waals surface area contributed by atoms with E-state index < -0.39 is 11.9 Å². The van der Waals surface area contributed by atoms with Gasteiger partial charge in [0.2, 0.25) is 0 Å². The lowest BCUT2D eigenvalue weighted by Crippen LogP contribution is -2.40. The van der Waals surface area contributed by atoms with Crippen LogP contribution in [0.15, 0.2) is 48.5 Å². The van der Waals surface area contributed by atoms with Gasteiger partial charge in [-0.15, -0.1) is 0 Å². The van der Waals surface area contributed by atoms with Crippen LogP contribution in [0.2, 0.25) is 0 Å². The van der Waals surface area contributed by atoms with Crippen LogP contribution in [0.3, 0.4) is 0 Å². The highest BCUT2D eigenvalue weighted by molar-refractivity contribution is 5.98. The van der Waals surface area contributed by atoms with E-state index in [1.165, 1.54) is 4.90 Å². The number of amides is 2. The molecule has 1 aliphatic heterocycles. The molecule has 134 valence electrons. The number of rotatable bonds is 3. The van der Waals surface area contributed by atoms with Crippen molar-refractivity contribution in [2.45, 2.75) is 12.5 Å². The highest BCUT2D eigenvalue weighted by Crippen LogP contribution is 2.29. The molecule has 0 spiro atoms. The van der Waals surface area contributed by atoms with Gasteiger partial charge >= 0.3 is 5.97 Å². The molecule has 1 aliphatic rings. The van der Waals surface area contributed by atoms with Crippen LogP contribution in [-0.4, -0.2) is 53.3 Å². The molecular formula is C20H20N2O4. The zero-order valence-electron chi connectivity index (χ0n) is 14.7. The minimum Gasteiger partial charge on any atom is -0.481 e. The van der Waals surface area contributed by atoms with Crippen LogP contribution in [0.5, 0.6) is 0 Å². The van der Waals surface area contributed by atoms with E-state index in [-0.39, 0.29) is 18.4 Å². The van der Waals surface area contributed by atoms with Crippen LogP contribution < -0.4 is 0 Å². The number of benzene rings is 2. The molecule has 6 heteroatoms. The van der Waals surface area contributed by atoms with Crippen molar-refractivity contribution in [3.8, 4) is 0 Å². The van der Waals surface area contributed by atoms with E-state index in [1.807, 2.05) is 18.2 Å². The summed E-state index contributed by atoms with van der Waals surface area (Å²) in [5.74, 6) is -2.06. The summed E-state index contributed by atoms with van der Waals surface area (Å²) in [6, 6.07) is 13.7. The molecule has 0 radical (unpaired) electrons. The van der Waals surface area contributed by atoms with Crippen molar-refractivity contribution in [3.63, 3.8) is 0 Å². The van der Waals surface area contributed by atoms with Crippen LogP contribution in [0.25, 0.3) is 0 Å². The molecule has 1 heterocycles. The van der Waals surface area contributed by atoms with Crippen molar-refractivity contribution in [2.24, 2.45) is 0 Å². The molecule has 26 heavy (non-hydrogen) atoms. The number of fused-ring (bicyclic) bond motifs is 1. The summed E-state index contributed by atoms with van der Waals surface area (Å²) < 4.78 is 0. The number of carbonyl (C=O) groups excluding carboxylic acids is 2. The summed E-state index contributed by atoms with van der Waals surface area (Å²) >= 11 is 0. The zero-order chi connectivity index (χ0) is 18.8. The molecule has 0 aliphatic carbocycles. The molecule has 6 nitrogen and oxygen atoms in total. The number of carbonyl (C=O) groups is 3. The molecule has 1 atom stereocenters. The Morgan fingerprint density at radius 1 is 1.00 bits per heavy atom. The molecule has 3 rings (SSSR count). The van der Waals surface area contributed by atoms with Gasteiger partial charge in [0.25, 0.3) is 11.8 Å². The first-order valence-electron chi connectivity index (χ1n) is 8.30. The third kappa shape index (κ3) is 3.31. The number of hydrogen-bond donors (Lipinski definition) is 1. The van der Waals surface area contributed by atoms with Gasteiger partial charge in [-0.05, 0) is 35.4 Å². The van der Waals surface area contributed by atoms with Gasteiger partial charge < -0.3 is 14.9 Å². The first-order valence-corrected chi connectivity index (χ1v) is 8.30. The van der Waals surface area contributed by atoms with E-state index in [2.05, 4.69) is 0 Å². The van der Waals surface area contributed by atoms with E-state index in [4.69, 9.17) is 0 Å². The average molecular weight is 352 g/mol. The number of aliphatic carboxylic acids is 1. The van der Waals surface area contributed by atoms with Gasteiger partial charge in [-0.25, -0.2) is 0 Å². The maximum absolute atomic E-state index is 12.8. The quantitative estimate of drug-likeness (QED) is 0.919. The third-order valence-corrected chi connectivity index (χ3v) is 4.56. The Hall–Kier alpha value is -3.15. The summed E-state index contributed by atoms with van der Waals surface area (Å²) in [5, 5.41) is 9.52. The summed E-state index contributed by atoms with van der Waals surface area (Å²) in [4.78, 5) is 39.4. The molecule has 1 unspecified atom stereocenters. The maximum atomic E-state index is 12.8. The Kier molecular flexibility index (Phi) is 4.75. The highest BCUT2D eigenvalue weighted by Gasteiger charge is 2.32. The van der Waals surface area contributed by atoms with Crippen LogP contribution >= 0.6 is 0 Å². The SMILES string of the molecule is CN(C)C(=O)c1ccc(C(=O)N2Cc3ccccc3C(C(=O)O)C2)cc1. The van der Waals surface area contributed by atoms with Crippen LogP contribution in [-0.2, 0) is 11.3 Å². The number of nitrogens with zero attached hydrogens (tertiary/aromatic N) is 2. The lowest BCUT2D eigenvalue weighted by Gasteiger charge is -2.33. The topological polar surface area (TPSA) is 77.9 Å². The molecule has 0 bridgehead atoms. The Balaban J connectivity index is 1.84. The van der Waals surface area contributed by atoms with Gasteiger partial charge in [0.1, 0.15) is 0 Å². The number of carboxylic acid groups (broad SMARTS) is 1. The fraction of sp³-hybridized carbons (Fsp3) is 0.250. The molecular weight excluding hydrogens is 332 g/mol. The minimum absolute atomic E-state index is 0.129. The predicted molar refractivity (Wildman–Crippen MR) is 96.0 cm³/mol. The fourth-order valence-electron chi connectivity index (χ4n) is 3.17. The molecule has 2 amide bonds. The largest absolute Gasteiger partial charge is 0.481 e. The van der Waals surface area contributed by atoms with Gasteiger partial charge in [-0.3, -0.25) is 14.4 Å². The first kappa shape index (κ1) is 17.7. The standard InChI is InChI=1S/C20H20N2O4/c1-21(2)18(23)13-7-9-14(10-8-13)19(24)22-11-15-5-3-4-6-16(15)17(12-22)20(25)26/h3-10,17H,11-12H2,1-2H3,(H,25,26). The van der Waals surface area contributed by atoms with Crippen molar-refractivity contribution in [2.75, 3.05) is 20.6 Å². The molecule has 0 saturated heterocycles. The van der Waals surface area contributed by atoms with Gasteiger partial charge in [0, 0.05) is 38.3 Å². The molecule has 1 N–H and O–H groups in total. The van der Waals surface area contributed by atoms with Gasteiger partial charge in [-0.2, -0.15) is 0 Å².